The molecular weight excluding hydrogens is 274 g/mol. The highest BCUT2D eigenvalue weighted by Crippen LogP contribution is 2.28. The maximum Gasteiger partial charge on any atom is 0.338 e. The summed E-state index contributed by atoms with van der Waals surface area (Å²) in [6, 6.07) is 3.48. The second kappa shape index (κ2) is 7.34. The summed E-state index contributed by atoms with van der Waals surface area (Å²) in [6.45, 7) is 0. The first-order valence-corrected chi connectivity index (χ1v) is 7.35. The van der Waals surface area contributed by atoms with Crippen molar-refractivity contribution in [1.29, 1.82) is 0 Å². The average Bonchev–Trinajstić information content (AvgIpc) is 2.51. The largest absolute Gasteiger partial charge is 0.465 e. The third kappa shape index (κ3) is 4.13. The van der Waals surface area contributed by atoms with Gasteiger partial charge in [0.15, 0.2) is 11.6 Å². The van der Waals surface area contributed by atoms with Crippen molar-refractivity contribution in [2.45, 2.75) is 38.5 Å². The van der Waals surface area contributed by atoms with Gasteiger partial charge in [-0.15, -0.1) is 0 Å². The van der Waals surface area contributed by atoms with Crippen LogP contribution in [-0.2, 0) is 9.53 Å². The van der Waals surface area contributed by atoms with Crippen LogP contribution in [0.1, 0.15) is 44.1 Å². The van der Waals surface area contributed by atoms with Gasteiger partial charge in [-0.2, -0.15) is 0 Å². The van der Waals surface area contributed by atoms with Crippen LogP contribution >= 0.6 is 0 Å². The molecule has 0 bridgehead atoms. The molecule has 1 fully saturated rings. The highest BCUT2D eigenvalue weighted by atomic mass is 19.2. The van der Waals surface area contributed by atoms with E-state index in [1.165, 1.54) is 32.4 Å². The van der Waals surface area contributed by atoms with Gasteiger partial charge in [-0.3, -0.25) is 0 Å². The van der Waals surface area contributed by atoms with Gasteiger partial charge in [0.1, 0.15) is 0 Å². The van der Waals surface area contributed by atoms with Gasteiger partial charge < -0.3 is 4.74 Å². The topological polar surface area (TPSA) is 26.3 Å². The van der Waals surface area contributed by atoms with Gasteiger partial charge in [-0.1, -0.05) is 44.2 Å². The summed E-state index contributed by atoms with van der Waals surface area (Å²) in [5, 5.41) is 0. The molecule has 0 aromatic heterocycles. The summed E-state index contributed by atoms with van der Waals surface area (Å²) in [4.78, 5) is 11.9. The summed E-state index contributed by atoms with van der Waals surface area (Å²) in [6.07, 6.45) is 8.59. The van der Waals surface area contributed by atoms with Crippen LogP contribution in [0.15, 0.2) is 24.3 Å². The molecule has 0 amide bonds. The van der Waals surface area contributed by atoms with E-state index in [1.54, 1.807) is 6.08 Å². The number of carbonyl (C=O) groups excluding carboxylic acids is 1. The summed E-state index contributed by atoms with van der Waals surface area (Å²) < 4.78 is 31.1. The summed E-state index contributed by atoms with van der Waals surface area (Å²) in [7, 11) is 1.29. The van der Waals surface area contributed by atoms with Crippen LogP contribution in [0.4, 0.5) is 8.78 Å². The predicted octanol–water partition coefficient (Wildman–Crippen LogP) is 4.49. The second-order valence-corrected chi connectivity index (χ2v) is 5.48. The fraction of sp³-hybridized carbons (Fsp3) is 0.471. The Hall–Kier alpha value is -1.71. The molecule has 1 aliphatic rings. The molecular formula is C17H20F2O2. The molecule has 1 aromatic rings. The van der Waals surface area contributed by atoms with Crippen molar-refractivity contribution in [1.82, 2.24) is 0 Å². The van der Waals surface area contributed by atoms with E-state index >= 15 is 0 Å². The number of esters is 1. The van der Waals surface area contributed by atoms with Gasteiger partial charge in [-0.05, 0) is 30.0 Å². The third-order valence-corrected chi connectivity index (χ3v) is 4.02. The zero-order valence-corrected chi connectivity index (χ0v) is 12.2. The fourth-order valence-corrected chi connectivity index (χ4v) is 2.80. The van der Waals surface area contributed by atoms with Crippen LogP contribution in [0.25, 0.3) is 5.57 Å². The summed E-state index contributed by atoms with van der Waals surface area (Å²) in [5.74, 6) is -1.84. The van der Waals surface area contributed by atoms with Crippen molar-refractivity contribution in [2.24, 2.45) is 5.92 Å². The number of benzene rings is 1. The highest BCUT2D eigenvalue weighted by molar-refractivity contribution is 6.16. The molecule has 0 spiro atoms. The lowest BCUT2D eigenvalue weighted by Crippen LogP contribution is -2.08. The first kappa shape index (κ1) is 15.7. The standard InChI is InChI=1S/C17H20F2O2/c1-21-17(20)14(9-7-12-5-3-2-4-6-12)13-8-10-15(18)16(19)11-13/h8-12H,2-7H2,1H3/b14-9+. The molecule has 21 heavy (non-hydrogen) atoms. The van der Waals surface area contributed by atoms with Gasteiger partial charge in [0.2, 0.25) is 0 Å². The minimum atomic E-state index is -0.958. The van der Waals surface area contributed by atoms with Crippen LogP contribution in [-0.4, -0.2) is 13.1 Å². The van der Waals surface area contributed by atoms with Crippen molar-refractivity contribution in [3.05, 3.63) is 41.5 Å². The van der Waals surface area contributed by atoms with Crippen LogP contribution in [0.5, 0.6) is 0 Å². The Kier molecular flexibility index (Phi) is 5.48. The maximum atomic E-state index is 13.3. The molecule has 2 nitrogen and oxygen atoms in total. The van der Waals surface area contributed by atoms with Crippen LogP contribution in [0.3, 0.4) is 0 Å². The molecule has 0 atom stereocenters. The molecule has 0 saturated heterocycles. The molecule has 0 N–H and O–H groups in total. The van der Waals surface area contributed by atoms with E-state index in [1.807, 2.05) is 0 Å². The molecule has 0 heterocycles. The van der Waals surface area contributed by atoms with Gasteiger partial charge in [0, 0.05) is 0 Å². The minimum absolute atomic E-state index is 0.307. The zero-order valence-electron chi connectivity index (χ0n) is 12.2. The minimum Gasteiger partial charge on any atom is -0.465 e. The Balaban J connectivity index is 2.20. The number of halogens is 2. The molecule has 0 unspecified atom stereocenters. The van der Waals surface area contributed by atoms with E-state index in [-0.39, 0.29) is 0 Å². The number of rotatable bonds is 4. The first-order valence-electron chi connectivity index (χ1n) is 7.35. The average molecular weight is 294 g/mol. The lowest BCUT2D eigenvalue weighted by Gasteiger charge is -2.20. The van der Waals surface area contributed by atoms with E-state index in [0.717, 1.165) is 31.4 Å². The summed E-state index contributed by atoms with van der Waals surface area (Å²) in [5.41, 5.74) is 0.665. The number of hydrogen-bond donors (Lipinski definition) is 0. The van der Waals surface area contributed by atoms with E-state index in [2.05, 4.69) is 0 Å². The lowest BCUT2D eigenvalue weighted by atomic mass is 9.86. The van der Waals surface area contributed by atoms with Crippen molar-refractivity contribution >= 4 is 11.5 Å². The smallest absolute Gasteiger partial charge is 0.338 e. The Bertz CT molecular complexity index is 532. The van der Waals surface area contributed by atoms with E-state index in [9.17, 15) is 13.6 Å². The van der Waals surface area contributed by atoms with Gasteiger partial charge >= 0.3 is 5.97 Å². The Labute approximate surface area is 123 Å². The highest BCUT2D eigenvalue weighted by Gasteiger charge is 2.17. The number of allylic oxidation sites excluding steroid dienone is 1. The van der Waals surface area contributed by atoms with E-state index in [0.29, 0.717) is 17.1 Å². The molecule has 1 saturated carbocycles. The molecule has 1 aliphatic carbocycles. The summed E-state index contributed by atoms with van der Waals surface area (Å²) >= 11 is 0. The van der Waals surface area contributed by atoms with Crippen LogP contribution < -0.4 is 0 Å². The lowest BCUT2D eigenvalue weighted by molar-refractivity contribution is -0.133. The second-order valence-electron chi connectivity index (χ2n) is 5.48. The number of ether oxygens (including phenoxy) is 1. The quantitative estimate of drug-likeness (QED) is 0.604. The van der Waals surface area contributed by atoms with Crippen LogP contribution in [0, 0.1) is 17.6 Å². The molecule has 1 aromatic carbocycles. The number of carbonyl (C=O) groups is 1. The van der Waals surface area contributed by atoms with E-state index < -0.39 is 17.6 Å². The van der Waals surface area contributed by atoms with Crippen molar-refractivity contribution < 1.29 is 18.3 Å². The third-order valence-electron chi connectivity index (χ3n) is 4.02. The van der Waals surface area contributed by atoms with Crippen molar-refractivity contribution in [3.63, 3.8) is 0 Å². The Morgan fingerprint density at radius 1 is 1.24 bits per heavy atom. The monoisotopic (exact) mass is 294 g/mol. The Morgan fingerprint density at radius 2 is 1.95 bits per heavy atom. The number of methoxy groups -OCH3 is 1. The Morgan fingerprint density at radius 3 is 2.57 bits per heavy atom. The molecule has 114 valence electrons. The van der Waals surface area contributed by atoms with Crippen molar-refractivity contribution in [2.75, 3.05) is 7.11 Å². The first-order chi connectivity index (χ1) is 10.1. The zero-order chi connectivity index (χ0) is 15.2. The number of hydrogen-bond acceptors (Lipinski definition) is 2. The molecule has 4 heteroatoms. The van der Waals surface area contributed by atoms with Crippen LogP contribution in [0.2, 0.25) is 0 Å². The van der Waals surface area contributed by atoms with Gasteiger partial charge in [-0.25, -0.2) is 13.6 Å². The molecule has 0 aliphatic heterocycles. The van der Waals surface area contributed by atoms with Crippen molar-refractivity contribution in [3.8, 4) is 0 Å². The normalized spacial score (nSPS) is 16.8. The fourth-order valence-electron chi connectivity index (χ4n) is 2.80. The molecule has 0 radical (unpaired) electrons. The van der Waals surface area contributed by atoms with E-state index in [4.69, 9.17) is 4.74 Å². The van der Waals surface area contributed by atoms with Gasteiger partial charge in [0.05, 0.1) is 12.7 Å². The maximum absolute atomic E-state index is 13.3. The molecule has 2 rings (SSSR count). The van der Waals surface area contributed by atoms with Gasteiger partial charge in [0.25, 0.3) is 0 Å². The predicted molar refractivity (Wildman–Crippen MR) is 77.5 cm³/mol. The SMILES string of the molecule is COC(=O)/C(=C/CC1CCCCC1)c1ccc(F)c(F)c1.